The highest BCUT2D eigenvalue weighted by Gasteiger charge is 2.10. The summed E-state index contributed by atoms with van der Waals surface area (Å²) in [6.45, 7) is 0. The maximum atomic E-state index is 11.7. The third-order valence-electron chi connectivity index (χ3n) is 2.30. The number of hydrogen-bond donors (Lipinski definition) is 1. The minimum absolute atomic E-state index is 0.186. The zero-order valence-corrected chi connectivity index (χ0v) is 8.51. The van der Waals surface area contributed by atoms with Gasteiger partial charge in [-0.2, -0.15) is 0 Å². The molecule has 0 saturated heterocycles. The molecular weight excluding hydrogens is 210 g/mol. The molecule has 0 aliphatic carbocycles. The monoisotopic (exact) mass is 219 g/mol. The fourth-order valence-corrected chi connectivity index (χ4v) is 1.56. The summed E-state index contributed by atoms with van der Waals surface area (Å²) in [7, 11) is 1.57. The van der Waals surface area contributed by atoms with Gasteiger partial charge in [0.25, 0.3) is 5.56 Å². The second-order valence-corrected chi connectivity index (χ2v) is 3.30. The maximum absolute atomic E-state index is 11.7. The summed E-state index contributed by atoms with van der Waals surface area (Å²) in [6.07, 6.45) is -1.49. The van der Waals surface area contributed by atoms with E-state index >= 15 is 0 Å². The summed E-state index contributed by atoms with van der Waals surface area (Å²) < 4.78 is 5.77. The Kier molecular flexibility index (Phi) is 2.36. The predicted molar refractivity (Wildman–Crippen MR) is 57.8 cm³/mol. The van der Waals surface area contributed by atoms with Crippen LogP contribution in [0.15, 0.2) is 35.1 Å². The first-order chi connectivity index (χ1) is 7.59. The van der Waals surface area contributed by atoms with Crippen LogP contribution in [0.3, 0.4) is 0 Å². The summed E-state index contributed by atoms with van der Waals surface area (Å²) in [4.78, 5) is 22.1. The van der Waals surface area contributed by atoms with Gasteiger partial charge in [0.2, 0.25) is 0 Å². The number of benzene rings is 1. The first kappa shape index (κ1) is 10.2. The number of carboxylic acid groups (broad SMARTS) is 1. The molecule has 1 aromatic heterocycles. The lowest BCUT2D eigenvalue weighted by Gasteiger charge is -2.06. The number of para-hydroxylation sites is 1. The largest absolute Gasteiger partial charge is 0.511 e. The van der Waals surface area contributed by atoms with E-state index in [1.165, 1.54) is 10.6 Å². The first-order valence-corrected chi connectivity index (χ1v) is 4.59. The molecule has 0 saturated carbocycles. The minimum Gasteiger partial charge on any atom is -0.449 e. The van der Waals surface area contributed by atoms with Crippen LogP contribution in [0.25, 0.3) is 10.9 Å². The van der Waals surface area contributed by atoms with Crippen molar-refractivity contribution in [3.8, 4) is 5.75 Å². The van der Waals surface area contributed by atoms with E-state index in [1.54, 1.807) is 31.3 Å². The third kappa shape index (κ3) is 1.63. The average Bonchev–Trinajstić information content (AvgIpc) is 2.25. The van der Waals surface area contributed by atoms with E-state index in [2.05, 4.69) is 4.74 Å². The van der Waals surface area contributed by atoms with Gasteiger partial charge in [0.1, 0.15) is 0 Å². The molecule has 0 amide bonds. The van der Waals surface area contributed by atoms with Crippen molar-refractivity contribution in [3.63, 3.8) is 0 Å². The number of rotatable bonds is 1. The van der Waals surface area contributed by atoms with Gasteiger partial charge in [0, 0.05) is 12.4 Å². The van der Waals surface area contributed by atoms with Crippen LogP contribution < -0.4 is 10.3 Å². The number of carbonyl (C=O) groups is 1. The Bertz CT molecular complexity index is 615. The van der Waals surface area contributed by atoms with Gasteiger partial charge in [-0.1, -0.05) is 18.2 Å². The van der Waals surface area contributed by atoms with Crippen LogP contribution in [0.5, 0.6) is 5.75 Å². The van der Waals surface area contributed by atoms with Gasteiger partial charge in [0.15, 0.2) is 5.75 Å². The number of nitrogens with zero attached hydrogens (tertiary/aromatic N) is 1. The van der Waals surface area contributed by atoms with Gasteiger partial charge in [-0.05, 0) is 12.1 Å². The van der Waals surface area contributed by atoms with E-state index in [0.29, 0.717) is 0 Å². The Labute approximate surface area is 90.5 Å². The zero-order valence-electron chi connectivity index (χ0n) is 8.51. The van der Waals surface area contributed by atoms with Crippen molar-refractivity contribution in [1.29, 1.82) is 0 Å². The topological polar surface area (TPSA) is 68.5 Å². The summed E-state index contributed by atoms with van der Waals surface area (Å²) >= 11 is 0. The number of hydrogen-bond acceptors (Lipinski definition) is 3. The standard InChI is InChI=1S/C11H9NO4/c1-12-8-5-3-2-4-7(8)6-9(10(12)13)16-11(14)15/h2-6H,1H3,(H,14,15). The van der Waals surface area contributed by atoms with Crippen LogP contribution in [0.4, 0.5) is 4.79 Å². The smallest absolute Gasteiger partial charge is 0.449 e. The van der Waals surface area contributed by atoms with Crippen LogP contribution in [0.1, 0.15) is 0 Å². The summed E-state index contributed by atoms with van der Waals surface area (Å²) in [5.41, 5.74) is 0.256. The van der Waals surface area contributed by atoms with Crippen molar-refractivity contribution in [3.05, 3.63) is 40.7 Å². The highest BCUT2D eigenvalue weighted by Crippen LogP contribution is 2.16. The fraction of sp³-hybridized carbons (Fsp3) is 0.0909. The van der Waals surface area contributed by atoms with Crippen molar-refractivity contribution in [2.75, 3.05) is 0 Å². The Morgan fingerprint density at radius 1 is 1.38 bits per heavy atom. The SMILES string of the molecule is Cn1c(=O)c(OC(=O)O)cc2ccccc21. The lowest BCUT2D eigenvalue weighted by Crippen LogP contribution is -2.21. The fourth-order valence-electron chi connectivity index (χ4n) is 1.56. The molecule has 0 aliphatic heterocycles. The molecule has 0 unspecified atom stereocenters. The van der Waals surface area contributed by atoms with E-state index in [-0.39, 0.29) is 5.75 Å². The second kappa shape index (κ2) is 3.69. The number of fused-ring (bicyclic) bond motifs is 1. The van der Waals surface area contributed by atoms with E-state index < -0.39 is 11.7 Å². The van der Waals surface area contributed by atoms with Gasteiger partial charge in [-0.15, -0.1) is 0 Å². The molecule has 1 N–H and O–H groups in total. The molecule has 0 fully saturated rings. The molecule has 16 heavy (non-hydrogen) atoms. The lowest BCUT2D eigenvalue weighted by molar-refractivity contribution is 0.143. The number of ether oxygens (including phenoxy) is 1. The third-order valence-corrected chi connectivity index (χ3v) is 2.30. The molecule has 0 atom stereocenters. The first-order valence-electron chi connectivity index (χ1n) is 4.59. The molecule has 0 radical (unpaired) electrons. The van der Waals surface area contributed by atoms with E-state index in [4.69, 9.17) is 5.11 Å². The molecule has 2 aromatic rings. The Morgan fingerprint density at radius 3 is 2.75 bits per heavy atom. The Hall–Kier alpha value is -2.30. The molecule has 0 aliphatic rings. The quantitative estimate of drug-likeness (QED) is 0.739. The molecule has 2 rings (SSSR count). The molecular formula is C11H9NO4. The second-order valence-electron chi connectivity index (χ2n) is 3.30. The van der Waals surface area contributed by atoms with Crippen LogP contribution in [0.2, 0.25) is 0 Å². The number of pyridine rings is 1. The van der Waals surface area contributed by atoms with E-state index in [1.807, 2.05) is 0 Å². The van der Waals surface area contributed by atoms with Crippen molar-refractivity contribution >= 4 is 17.1 Å². The van der Waals surface area contributed by atoms with Gasteiger partial charge < -0.3 is 14.4 Å². The summed E-state index contributed by atoms with van der Waals surface area (Å²) in [6, 6.07) is 8.59. The normalized spacial score (nSPS) is 10.3. The van der Waals surface area contributed by atoms with Crippen molar-refractivity contribution < 1.29 is 14.6 Å². The molecule has 1 aromatic carbocycles. The van der Waals surface area contributed by atoms with E-state index in [0.717, 1.165) is 10.9 Å². The van der Waals surface area contributed by atoms with Crippen molar-refractivity contribution in [2.24, 2.45) is 7.05 Å². The zero-order chi connectivity index (χ0) is 11.7. The van der Waals surface area contributed by atoms with Gasteiger partial charge in [-0.25, -0.2) is 4.79 Å². The predicted octanol–water partition coefficient (Wildman–Crippen LogP) is 1.60. The lowest BCUT2D eigenvalue weighted by atomic mass is 10.2. The highest BCUT2D eigenvalue weighted by molar-refractivity contribution is 5.80. The van der Waals surface area contributed by atoms with E-state index in [9.17, 15) is 9.59 Å². The van der Waals surface area contributed by atoms with Crippen LogP contribution >= 0.6 is 0 Å². The average molecular weight is 219 g/mol. The molecule has 82 valence electrons. The molecule has 0 spiro atoms. The van der Waals surface area contributed by atoms with Gasteiger partial charge in [-0.3, -0.25) is 4.79 Å². The minimum atomic E-state index is -1.49. The Morgan fingerprint density at radius 2 is 2.06 bits per heavy atom. The van der Waals surface area contributed by atoms with Gasteiger partial charge in [0.05, 0.1) is 5.52 Å². The van der Waals surface area contributed by atoms with Crippen molar-refractivity contribution in [1.82, 2.24) is 4.57 Å². The molecule has 1 heterocycles. The molecule has 5 heteroatoms. The Balaban J connectivity index is 2.74. The number of aromatic nitrogens is 1. The maximum Gasteiger partial charge on any atom is 0.511 e. The molecule has 0 bridgehead atoms. The number of aryl methyl sites for hydroxylation is 1. The van der Waals surface area contributed by atoms with Crippen LogP contribution in [-0.2, 0) is 7.05 Å². The van der Waals surface area contributed by atoms with Crippen LogP contribution in [0, 0.1) is 0 Å². The van der Waals surface area contributed by atoms with Crippen molar-refractivity contribution in [2.45, 2.75) is 0 Å². The summed E-state index contributed by atoms with van der Waals surface area (Å²) in [5, 5.41) is 9.23. The molecule has 5 nitrogen and oxygen atoms in total. The van der Waals surface area contributed by atoms with Crippen LogP contribution in [-0.4, -0.2) is 15.8 Å². The highest BCUT2D eigenvalue weighted by atomic mass is 16.7. The summed E-state index contributed by atoms with van der Waals surface area (Å²) in [5.74, 6) is -0.186. The van der Waals surface area contributed by atoms with Gasteiger partial charge >= 0.3 is 6.16 Å².